The lowest BCUT2D eigenvalue weighted by molar-refractivity contribution is 0.0998. The van der Waals surface area contributed by atoms with E-state index in [9.17, 15) is 14.0 Å². The number of pyridine rings is 1. The number of hydrogen-bond acceptors (Lipinski definition) is 4. The van der Waals surface area contributed by atoms with Crippen molar-refractivity contribution in [1.29, 1.82) is 0 Å². The summed E-state index contributed by atoms with van der Waals surface area (Å²) < 4.78 is 22.1. The molecule has 0 fully saturated rings. The summed E-state index contributed by atoms with van der Waals surface area (Å²) in [6.07, 6.45) is 0. The van der Waals surface area contributed by atoms with E-state index < -0.39 is 17.3 Å². The molecular formula is C21H19FIN3O3. The molecule has 0 saturated carbocycles. The summed E-state index contributed by atoms with van der Waals surface area (Å²) in [6.45, 7) is 3.80. The number of carbonyl (C=O) groups is 1. The lowest BCUT2D eigenvalue weighted by atomic mass is 10.1. The van der Waals surface area contributed by atoms with Crippen molar-refractivity contribution in [2.45, 2.75) is 13.8 Å². The number of hydrogen-bond donors (Lipinski definition) is 2. The van der Waals surface area contributed by atoms with Crippen LogP contribution >= 0.6 is 22.6 Å². The number of nitrogens with zero attached hydrogens (tertiary/aromatic N) is 1. The van der Waals surface area contributed by atoms with E-state index in [1.807, 2.05) is 48.6 Å². The van der Waals surface area contributed by atoms with E-state index >= 15 is 0 Å². The molecule has 1 aromatic heterocycles. The van der Waals surface area contributed by atoms with Crippen LogP contribution in [0.2, 0.25) is 0 Å². The highest BCUT2D eigenvalue weighted by atomic mass is 127. The summed E-state index contributed by atoms with van der Waals surface area (Å²) in [7, 11) is 1.46. The number of primary amides is 1. The largest absolute Gasteiger partial charge is 0.456 e. The van der Waals surface area contributed by atoms with Gasteiger partial charge in [-0.3, -0.25) is 14.2 Å². The Hall–Kier alpha value is -2.88. The molecule has 0 radical (unpaired) electrons. The van der Waals surface area contributed by atoms with Crippen LogP contribution in [0.4, 0.5) is 15.9 Å². The molecule has 29 heavy (non-hydrogen) atoms. The van der Waals surface area contributed by atoms with E-state index in [-0.39, 0.29) is 22.8 Å². The minimum absolute atomic E-state index is 0.00252. The monoisotopic (exact) mass is 507 g/mol. The van der Waals surface area contributed by atoms with Crippen LogP contribution in [-0.2, 0) is 7.05 Å². The number of carbonyl (C=O) groups excluding carboxylic acids is 1. The topological polar surface area (TPSA) is 86.3 Å². The third kappa shape index (κ3) is 4.26. The van der Waals surface area contributed by atoms with E-state index in [0.29, 0.717) is 9.32 Å². The molecule has 0 bridgehead atoms. The van der Waals surface area contributed by atoms with E-state index in [2.05, 4.69) is 5.32 Å². The number of benzene rings is 2. The van der Waals surface area contributed by atoms with Crippen molar-refractivity contribution in [2.75, 3.05) is 5.32 Å². The van der Waals surface area contributed by atoms with Crippen molar-refractivity contribution >= 4 is 40.0 Å². The first kappa shape index (κ1) is 20.8. The molecule has 0 atom stereocenters. The number of amides is 1. The number of halogens is 2. The highest BCUT2D eigenvalue weighted by Crippen LogP contribution is 2.33. The van der Waals surface area contributed by atoms with Gasteiger partial charge >= 0.3 is 0 Å². The molecule has 3 rings (SSSR count). The SMILES string of the molecule is Cc1cccc(Oc2cc(=O)n(C)c(Nc3ccc(I)cc3F)c2C(N)=O)c1C. The smallest absolute Gasteiger partial charge is 0.256 e. The number of nitrogens with one attached hydrogen (secondary N) is 1. The maximum absolute atomic E-state index is 14.3. The first-order chi connectivity index (χ1) is 13.7. The van der Waals surface area contributed by atoms with Gasteiger partial charge in [0.1, 0.15) is 28.7 Å². The lowest BCUT2D eigenvalue weighted by Crippen LogP contribution is -2.25. The zero-order chi connectivity index (χ0) is 21.3. The van der Waals surface area contributed by atoms with E-state index in [0.717, 1.165) is 11.1 Å². The first-order valence-corrected chi connectivity index (χ1v) is 9.77. The first-order valence-electron chi connectivity index (χ1n) is 8.69. The number of anilines is 2. The van der Waals surface area contributed by atoms with E-state index in [1.165, 1.54) is 29.8 Å². The van der Waals surface area contributed by atoms with Crippen molar-refractivity contribution in [3.05, 3.63) is 78.9 Å². The number of nitrogens with two attached hydrogens (primary N) is 1. The average molecular weight is 507 g/mol. The van der Waals surface area contributed by atoms with Crippen LogP contribution in [0, 0.1) is 23.2 Å². The van der Waals surface area contributed by atoms with Crippen molar-refractivity contribution in [1.82, 2.24) is 4.57 Å². The predicted molar refractivity (Wildman–Crippen MR) is 119 cm³/mol. The van der Waals surface area contributed by atoms with Crippen LogP contribution in [0.25, 0.3) is 0 Å². The van der Waals surface area contributed by atoms with E-state index in [1.54, 1.807) is 12.1 Å². The molecule has 0 saturated heterocycles. The molecule has 1 amide bonds. The summed E-state index contributed by atoms with van der Waals surface area (Å²) in [6, 6.07) is 11.2. The number of aromatic nitrogens is 1. The summed E-state index contributed by atoms with van der Waals surface area (Å²) in [5, 5.41) is 2.81. The molecule has 0 aliphatic carbocycles. The van der Waals surface area contributed by atoms with Crippen LogP contribution in [0.1, 0.15) is 21.5 Å². The number of aryl methyl sites for hydroxylation is 1. The number of rotatable bonds is 5. The highest BCUT2D eigenvalue weighted by Gasteiger charge is 2.22. The minimum Gasteiger partial charge on any atom is -0.456 e. The van der Waals surface area contributed by atoms with Gasteiger partial charge in [-0.05, 0) is 71.8 Å². The summed E-state index contributed by atoms with van der Waals surface area (Å²) in [5.41, 5.74) is 7.07. The van der Waals surface area contributed by atoms with Crippen molar-refractivity contribution < 1.29 is 13.9 Å². The molecule has 3 N–H and O–H groups in total. The standard InChI is InChI=1S/C21H19FIN3O3/c1-11-5-4-6-16(12(11)2)29-17-10-18(27)26(3)21(19(17)20(24)28)25-15-8-7-13(23)9-14(15)22/h4-10,25H,1-3H3,(H2,24,28). The predicted octanol–water partition coefficient (Wildman–Crippen LogP) is 4.38. The number of ether oxygens (including phenoxy) is 1. The van der Waals surface area contributed by atoms with Gasteiger partial charge in [0.25, 0.3) is 11.5 Å². The second-order valence-electron chi connectivity index (χ2n) is 6.54. The molecule has 0 aliphatic rings. The van der Waals surface area contributed by atoms with Crippen molar-refractivity contribution in [3.63, 3.8) is 0 Å². The second-order valence-corrected chi connectivity index (χ2v) is 7.79. The second kappa shape index (κ2) is 8.24. The van der Waals surface area contributed by atoms with Gasteiger partial charge < -0.3 is 15.8 Å². The van der Waals surface area contributed by atoms with Crippen LogP contribution in [-0.4, -0.2) is 10.5 Å². The molecule has 0 aliphatic heterocycles. The Bertz CT molecular complexity index is 1170. The molecular weight excluding hydrogens is 488 g/mol. The third-order valence-corrected chi connectivity index (χ3v) is 5.28. The fourth-order valence-corrected chi connectivity index (χ4v) is 3.27. The normalized spacial score (nSPS) is 10.7. The van der Waals surface area contributed by atoms with Gasteiger partial charge in [0, 0.05) is 16.7 Å². The fraction of sp³-hybridized carbons (Fsp3) is 0.143. The molecule has 8 heteroatoms. The van der Waals surface area contributed by atoms with Crippen LogP contribution < -0.4 is 21.3 Å². The van der Waals surface area contributed by atoms with Crippen LogP contribution in [0.5, 0.6) is 11.5 Å². The molecule has 0 unspecified atom stereocenters. The van der Waals surface area contributed by atoms with Crippen molar-refractivity contribution in [2.24, 2.45) is 12.8 Å². The Labute approximate surface area is 180 Å². The Morgan fingerprint density at radius 1 is 1.17 bits per heavy atom. The average Bonchev–Trinajstić information content (AvgIpc) is 2.64. The molecule has 1 heterocycles. The zero-order valence-electron chi connectivity index (χ0n) is 16.0. The Morgan fingerprint density at radius 3 is 2.55 bits per heavy atom. The van der Waals surface area contributed by atoms with Gasteiger partial charge in [-0.15, -0.1) is 0 Å². The maximum atomic E-state index is 14.3. The van der Waals surface area contributed by atoms with Crippen molar-refractivity contribution in [3.8, 4) is 11.5 Å². The van der Waals surface area contributed by atoms with Gasteiger partial charge in [-0.1, -0.05) is 12.1 Å². The zero-order valence-corrected chi connectivity index (χ0v) is 18.2. The maximum Gasteiger partial charge on any atom is 0.256 e. The van der Waals surface area contributed by atoms with Crippen LogP contribution in [0.15, 0.2) is 47.3 Å². The van der Waals surface area contributed by atoms with Gasteiger partial charge in [0.05, 0.1) is 5.69 Å². The Balaban J connectivity index is 2.17. The van der Waals surface area contributed by atoms with E-state index in [4.69, 9.17) is 10.5 Å². The lowest BCUT2D eigenvalue weighted by Gasteiger charge is -2.19. The Kier molecular flexibility index (Phi) is 5.92. The van der Waals surface area contributed by atoms with Gasteiger partial charge in [0.15, 0.2) is 0 Å². The van der Waals surface area contributed by atoms with Gasteiger partial charge in [-0.25, -0.2) is 4.39 Å². The highest BCUT2D eigenvalue weighted by molar-refractivity contribution is 14.1. The fourth-order valence-electron chi connectivity index (χ4n) is 2.81. The minimum atomic E-state index is -0.811. The van der Waals surface area contributed by atoms with Gasteiger partial charge in [-0.2, -0.15) is 0 Å². The summed E-state index contributed by atoms with van der Waals surface area (Å²) >= 11 is 1.99. The summed E-state index contributed by atoms with van der Waals surface area (Å²) in [5.74, 6) is -0.796. The van der Waals surface area contributed by atoms with Crippen LogP contribution in [0.3, 0.4) is 0 Å². The van der Waals surface area contributed by atoms with Gasteiger partial charge in [0.2, 0.25) is 0 Å². The molecule has 6 nitrogen and oxygen atoms in total. The Morgan fingerprint density at radius 2 is 1.90 bits per heavy atom. The molecule has 0 spiro atoms. The third-order valence-electron chi connectivity index (χ3n) is 4.61. The quantitative estimate of drug-likeness (QED) is 0.502. The molecule has 150 valence electrons. The summed E-state index contributed by atoms with van der Waals surface area (Å²) in [4.78, 5) is 24.8. The molecule has 2 aromatic carbocycles. The molecule has 3 aromatic rings.